The molecular formula is C18H21F3N2O2. The summed E-state index contributed by atoms with van der Waals surface area (Å²) in [5.41, 5.74) is -2.07. The molecule has 1 saturated heterocycles. The van der Waals surface area contributed by atoms with Gasteiger partial charge < -0.3 is 9.64 Å². The van der Waals surface area contributed by atoms with Gasteiger partial charge in [-0.25, -0.2) is 0 Å². The summed E-state index contributed by atoms with van der Waals surface area (Å²) in [5, 5.41) is 8.85. The highest BCUT2D eigenvalue weighted by atomic mass is 19.4. The first-order valence-corrected chi connectivity index (χ1v) is 8.09. The topological polar surface area (TPSA) is 53.3 Å². The highest BCUT2D eigenvalue weighted by Gasteiger charge is 2.49. The highest BCUT2D eigenvalue weighted by molar-refractivity contribution is 5.85. The van der Waals surface area contributed by atoms with Crippen LogP contribution in [0.2, 0.25) is 0 Å². The number of hydrogen-bond acceptors (Lipinski definition) is 3. The summed E-state index contributed by atoms with van der Waals surface area (Å²) in [6, 6.07) is 4.71. The molecule has 0 aromatic heterocycles. The second kappa shape index (κ2) is 6.58. The fourth-order valence-electron chi connectivity index (χ4n) is 2.95. The zero-order chi connectivity index (χ0) is 19.0. The molecule has 2 atom stereocenters. The Bertz CT molecular complexity index is 707. The van der Waals surface area contributed by atoms with E-state index in [4.69, 9.17) is 10.00 Å². The molecule has 0 radical (unpaired) electrons. The van der Waals surface area contributed by atoms with Crippen LogP contribution in [0, 0.1) is 16.7 Å². The molecular weight excluding hydrogens is 333 g/mol. The molecule has 0 aliphatic carbocycles. The maximum absolute atomic E-state index is 13.1. The predicted molar refractivity (Wildman–Crippen MR) is 85.8 cm³/mol. The Hall–Kier alpha value is -2.23. The predicted octanol–water partition coefficient (Wildman–Crippen LogP) is 3.99. The van der Waals surface area contributed by atoms with Crippen molar-refractivity contribution in [3.05, 3.63) is 29.3 Å². The highest BCUT2D eigenvalue weighted by Crippen LogP contribution is 2.38. The molecule has 0 N–H and O–H groups in total. The van der Waals surface area contributed by atoms with E-state index in [0.29, 0.717) is 6.54 Å². The van der Waals surface area contributed by atoms with Gasteiger partial charge in [-0.05, 0) is 31.5 Å². The van der Waals surface area contributed by atoms with Crippen molar-refractivity contribution in [2.24, 2.45) is 5.41 Å². The molecule has 0 spiro atoms. The van der Waals surface area contributed by atoms with Crippen LogP contribution >= 0.6 is 0 Å². The lowest BCUT2D eigenvalue weighted by Crippen LogP contribution is -2.39. The monoisotopic (exact) mass is 354 g/mol. The molecule has 1 aromatic carbocycles. The zero-order valence-electron chi connectivity index (χ0n) is 14.6. The molecule has 4 nitrogen and oxygen atoms in total. The quantitative estimate of drug-likeness (QED) is 0.821. The van der Waals surface area contributed by atoms with E-state index in [1.54, 1.807) is 4.90 Å². The third-order valence-corrected chi connectivity index (χ3v) is 4.59. The second-order valence-corrected chi connectivity index (χ2v) is 7.03. The lowest BCUT2D eigenvalue weighted by atomic mass is 9.89. The van der Waals surface area contributed by atoms with Gasteiger partial charge in [0, 0.05) is 18.0 Å². The van der Waals surface area contributed by atoms with Crippen LogP contribution in [0.3, 0.4) is 0 Å². The van der Waals surface area contributed by atoms with Gasteiger partial charge in [0.05, 0.1) is 17.2 Å². The Morgan fingerprint density at radius 1 is 1.44 bits per heavy atom. The number of benzene rings is 1. The molecule has 25 heavy (non-hydrogen) atoms. The van der Waals surface area contributed by atoms with E-state index in [9.17, 15) is 18.0 Å². The number of amides is 1. The number of halogens is 3. The fraction of sp³-hybridized carbons (Fsp3) is 0.556. The molecule has 1 aliphatic rings. The van der Waals surface area contributed by atoms with Gasteiger partial charge >= 0.3 is 6.18 Å². The summed E-state index contributed by atoms with van der Waals surface area (Å²) < 4.78 is 44.9. The Balaban J connectivity index is 2.33. The van der Waals surface area contributed by atoms with Crippen molar-refractivity contribution in [2.75, 3.05) is 6.54 Å². The first kappa shape index (κ1) is 19.1. The van der Waals surface area contributed by atoms with Gasteiger partial charge in [0.15, 0.2) is 6.10 Å². The molecule has 1 aliphatic heterocycles. The average molecular weight is 354 g/mol. The van der Waals surface area contributed by atoms with Gasteiger partial charge in [0.25, 0.3) is 5.91 Å². The number of carbonyl (C=O) groups is 1. The summed E-state index contributed by atoms with van der Waals surface area (Å²) in [7, 11) is 0. The number of carbonyl (C=O) groups excluding carboxylic acids is 1. The minimum absolute atomic E-state index is 0.0343. The number of likely N-dealkylation sites (tertiary alicyclic amines) is 1. The van der Waals surface area contributed by atoms with E-state index in [2.05, 4.69) is 0 Å². The van der Waals surface area contributed by atoms with Crippen molar-refractivity contribution in [2.45, 2.75) is 52.4 Å². The summed E-state index contributed by atoms with van der Waals surface area (Å²) in [5.74, 6) is -0.291. The molecule has 1 heterocycles. The van der Waals surface area contributed by atoms with Crippen molar-refractivity contribution in [1.82, 2.24) is 4.90 Å². The van der Waals surface area contributed by atoms with Crippen LogP contribution in [-0.4, -0.2) is 29.5 Å². The van der Waals surface area contributed by atoms with Crippen LogP contribution in [0.4, 0.5) is 13.2 Å². The first-order valence-electron chi connectivity index (χ1n) is 8.09. The van der Waals surface area contributed by atoms with Crippen LogP contribution in [0.5, 0.6) is 5.75 Å². The van der Waals surface area contributed by atoms with Crippen molar-refractivity contribution in [1.29, 1.82) is 5.26 Å². The van der Waals surface area contributed by atoms with Crippen LogP contribution in [0.25, 0.3) is 0 Å². The molecule has 1 amide bonds. The van der Waals surface area contributed by atoms with Crippen LogP contribution in [0.1, 0.15) is 45.2 Å². The third-order valence-electron chi connectivity index (χ3n) is 4.59. The number of nitrogens with zero attached hydrogens (tertiary/aromatic N) is 2. The molecule has 0 bridgehead atoms. The number of nitriles is 1. The Kier molecular flexibility index (Phi) is 5.03. The minimum atomic E-state index is -4.66. The van der Waals surface area contributed by atoms with Crippen molar-refractivity contribution < 1.29 is 22.7 Å². The van der Waals surface area contributed by atoms with E-state index in [-0.39, 0.29) is 17.7 Å². The Labute approximate surface area is 145 Å². The normalized spacial score (nSPS) is 21.1. The largest absolute Gasteiger partial charge is 0.480 e. The number of hydrogen-bond donors (Lipinski definition) is 0. The van der Waals surface area contributed by atoms with Crippen LogP contribution in [0.15, 0.2) is 18.2 Å². The molecule has 1 aromatic rings. The Morgan fingerprint density at radius 3 is 2.60 bits per heavy atom. The average Bonchev–Trinajstić information content (AvgIpc) is 2.76. The third kappa shape index (κ3) is 3.73. The molecule has 1 unspecified atom stereocenters. The first-order chi connectivity index (χ1) is 11.5. The summed E-state index contributed by atoms with van der Waals surface area (Å²) in [6.45, 7) is 8.08. The van der Waals surface area contributed by atoms with Gasteiger partial charge in [-0.15, -0.1) is 0 Å². The smallest absolute Gasteiger partial charge is 0.417 e. The van der Waals surface area contributed by atoms with Crippen LogP contribution in [-0.2, 0) is 11.0 Å². The minimum Gasteiger partial charge on any atom is -0.480 e. The van der Waals surface area contributed by atoms with E-state index in [1.165, 1.54) is 12.1 Å². The summed E-state index contributed by atoms with van der Waals surface area (Å²) in [4.78, 5) is 14.4. The number of rotatable bonds is 4. The maximum Gasteiger partial charge on any atom is 0.417 e. The standard InChI is InChI=1S/C18H21F3N2O2/c1-5-11(2)23-10-17(3,4)15(16(23)24)25-13-7-6-12(9-22)14(8-13)18(19,20)21/h6-8,11,15H,5,10H2,1-4H3/t11-,15?/m1/s1. The number of alkyl halides is 3. The lowest BCUT2D eigenvalue weighted by Gasteiger charge is -2.25. The molecule has 136 valence electrons. The second-order valence-electron chi connectivity index (χ2n) is 7.03. The molecule has 2 rings (SSSR count). The SMILES string of the molecule is CC[C@@H](C)N1CC(C)(C)C(Oc2ccc(C#N)c(C(F)(F)F)c2)C1=O. The molecule has 1 fully saturated rings. The summed E-state index contributed by atoms with van der Waals surface area (Å²) in [6.07, 6.45) is -4.75. The van der Waals surface area contributed by atoms with E-state index in [0.717, 1.165) is 18.6 Å². The van der Waals surface area contributed by atoms with E-state index >= 15 is 0 Å². The lowest BCUT2D eigenvalue weighted by molar-refractivity contribution is -0.138. The van der Waals surface area contributed by atoms with Crippen LogP contribution < -0.4 is 4.74 Å². The van der Waals surface area contributed by atoms with Crippen molar-refractivity contribution >= 4 is 5.91 Å². The van der Waals surface area contributed by atoms with Gasteiger partial charge in [0.1, 0.15) is 5.75 Å². The maximum atomic E-state index is 13.1. The molecule has 7 heteroatoms. The summed E-state index contributed by atoms with van der Waals surface area (Å²) >= 11 is 0. The molecule has 0 saturated carbocycles. The number of ether oxygens (including phenoxy) is 1. The van der Waals surface area contributed by atoms with Gasteiger partial charge in [-0.2, -0.15) is 18.4 Å². The van der Waals surface area contributed by atoms with E-state index < -0.39 is 28.8 Å². The fourth-order valence-corrected chi connectivity index (χ4v) is 2.95. The van der Waals surface area contributed by atoms with E-state index in [1.807, 2.05) is 27.7 Å². The van der Waals surface area contributed by atoms with Gasteiger partial charge in [-0.3, -0.25) is 4.79 Å². The van der Waals surface area contributed by atoms with Gasteiger partial charge in [-0.1, -0.05) is 20.8 Å². The zero-order valence-corrected chi connectivity index (χ0v) is 14.6. The van der Waals surface area contributed by atoms with Gasteiger partial charge in [0.2, 0.25) is 0 Å². The Morgan fingerprint density at radius 2 is 2.08 bits per heavy atom. The van der Waals surface area contributed by atoms with Crippen molar-refractivity contribution in [3.63, 3.8) is 0 Å². The van der Waals surface area contributed by atoms with Crippen molar-refractivity contribution in [3.8, 4) is 11.8 Å².